The Hall–Kier alpha value is -4.26. The van der Waals surface area contributed by atoms with Crippen LogP contribution < -0.4 is 9.47 Å². The lowest BCUT2D eigenvalue weighted by Gasteiger charge is -2.51. The average Bonchev–Trinajstić information content (AvgIpc) is 3.38. The van der Waals surface area contributed by atoms with E-state index >= 15 is 0 Å². The Morgan fingerprint density at radius 2 is 1.77 bits per heavy atom. The number of methoxy groups -OCH3 is 1. The van der Waals surface area contributed by atoms with Gasteiger partial charge in [-0.05, 0) is 54.7 Å². The smallest absolute Gasteiger partial charge is 0.254 e. The lowest BCUT2D eigenvalue weighted by atomic mass is 9.76. The molecule has 0 bridgehead atoms. The van der Waals surface area contributed by atoms with Crippen LogP contribution in [0.5, 0.6) is 11.5 Å². The Morgan fingerprint density at radius 1 is 1.00 bits per heavy atom. The van der Waals surface area contributed by atoms with Crippen molar-refractivity contribution in [2.45, 2.75) is 38.1 Å². The minimum atomic E-state index is -1.12. The molecule has 0 aliphatic carbocycles. The first-order chi connectivity index (χ1) is 19.5. The monoisotopic (exact) mass is 537 g/mol. The molecule has 7 heteroatoms. The summed E-state index contributed by atoms with van der Waals surface area (Å²) >= 11 is 0. The van der Waals surface area contributed by atoms with Crippen molar-refractivity contribution in [2.24, 2.45) is 0 Å². The zero-order valence-corrected chi connectivity index (χ0v) is 23.3. The number of aromatic nitrogens is 1. The van der Waals surface area contributed by atoms with E-state index in [-0.39, 0.29) is 24.3 Å². The second kappa shape index (κ2) is 10.4. The molecule has 1 saturated heterocycles. The number of fused-ring (bicyclic) bond motifs is 5. The number of carbonyl (C=O) groups excluding carboxylic acids is 2. The van der Waals surface area contributed by atoms with Crippen LogP contribution in [0.15, 0.2) is 72.8 Å². The van der Waals surface area contributed by atoms with Gasteiger partial charge in [-0.3, -0.25) is 9.59 Å². The predicted molar refractivity (Wildman–Crippen MR) is 155 cm³/mol. The van der Waals surface area contributed by atoms with Crippen molar-refractivity contribution < 1.29 is 19.1 Å². The van der Waals surface area contributed by atoms with Crippen molar-refractivity contribution in [2.75, 3.05) is 33.4 Å². The number of hydrogen-bond donors (Lipinski definition) is 1. The summed E-state index contributed by atoms with van der Waals surface area (Å²) in [5.41, 5.74) is 3.84. The summed E-state index contributed by atoms with van der Waals surface area (Å²) in [6, 6.07) is 24.2. The van der Waals surface area contributed by atoms with Crippen LogP contribution in [0, 0.1) is 0 Å². The third-order valence-electron chi connectivity index (χ3n) is 8.38. The largest absolute Gasteiger partial charge is 0.493 e. The van der Waals surface area contributed by atoms with E-state index in [1.165, 1.54) is 0 Å². The Labute approximate surface area is 234 Å². The second-order valence-electron chi connectivity index (χ2n) is 10.8. The zero-order valence-electron chi connectivity index (χ0n) is 23.3. The first kappa shape index (κ1) is 26.0. The third-order valence-corrected chi connectivity index (χ3v) is 8.38. The van der Waals surface area contributed by atoms with Gasteiger partial charge in [0, 0.05) is 29.9 Å². The number of para-hydroxylation sites is 1. The summed E-state index contributed by atoms with van der Waals surface area (Å²) in [5, 5.41) is 1.07. The van der Waals surface area contributed by atoms with Crippen molar-refractivity contribution in [3.63, 3.8) is 0 Å². The second-order valence-corrected chi connectivity index (χ2v) is 10.8. The maximum atomic E-state index is 14.3. The van der Waals surface area contributed by atoms with Crippen molar-refractivity contribution in [3.05, 3.63) is 95.2 Å². The standard InChI is InChI=1S/C33H35N3O4/c1-4-18-40-27-15-14-23(19-28(27)39-3)25-20-36-29(37)21-35(17-16-22-10-6-5-7-11-22)32(38)33(36,2)31-30(25)24-12-8-9-13-26(24)34-31/h5-15,19,25,34H,4,16-18,20-21H2,1-3H3/t25-,33+/m1/s1. The minimum Gasteiger partial charge on any atom is -0.493 e. The number of aromatic amines is 1. The lowest BCUT2D eigenvalue weighted by molar-refractivity contribution is -0.166. The fourth-order valence-electron chi connectivity index (χ4n) is 6.30. The van der Waals surface area contributed by atoms with Gasteiger partial charge in [0.15, 0.2) is 17.0 Å². The molecule has 2 amide bonds. The maximum Gasteiger partial charge on any atom is 0.254 e. The number of H-pyrrole nitrogens is 1. The molecule has 3 heterocycles. The number of nitrogens with one attached hydrogen (secondary N) is 1. The number of nitrogens with zero attached hydrogens (tertiary/aromatic N) is 2. The molecule has 2 aliphatic rings. The third kappa shape index (κ3) is 4.21. The van der Waals surface area contributed by atoms with Gasteiger partial charge in [-0.15, -0.1) is 0 Å². The fraction of sp³-hybridized carbons (Fsp3) is 0.333. The number of carbonyl (C=O) groups is 2. The number of benzene rings is 3. The van der Waals surface area contributed by atoms with Gasteiger partial charge in [-0.1, -0.05) is 61.5 Å². The maximum absolute atomic E-state index is 14.3. The van der Waals surface area contributed by atoms with Gasteiger partial charge in [0.05, 0.1) is 26.0 Å². The molecule has 1 aromatic heterocycles. The average molecular weight is 538 g/mol. The van der Waals surface area contributed by atoms with Gasteiger partial charge in [0.1, 0.15) is 0 Å². The van der Waals surface area contributed by atoms with Crippen LogP contribution in [-0.4, -0.2) is 59.9 Å². The predicted octanol–water partition coefficient (Wildman–Crippen LogP) is 5.24. The molecule has 6 rings (SSSR count). The molecule has 206 valence electrons. The molecule has 0 radical (unpaired) electrons. The van der Waals surface area contributed by atoms with E-state index in [0.29, 0.717) is 37.6 Å². The topological polar surface area (TPSA) is 74.9 Å². The van der Waals surface area contributed by atoms with Gasteiger partial charge in [0.25, 0.3) is 5.91 Å². The summed E-state index contributed by atoms with van der Waals surface area (Å²) in [6.07, 6.45) is 1.60. The van der Waals surface area contributed by atoms with Gasteiger partial charge in [-0.25, -0.2) is 0 Å². The molecular formula is C33H35N3O4. The van der Waals surface area contributed by atoms with E-state index in [1.807, 2.05) is 55.5 Å². The van der Waals surface area contributed by atoms with Gasteiger partial charge in [0.2, 0.25) is 5.91 Å². The Bertz CT molecular complexity index is 1560. The van der Waals surface area contributed by atoms with E-state index in [0.717, 1.165) is 39.7 Å². The number of piperazine rings is 1. The Balaban J connectivity index is 1.43. The number of ether oxygens (including phenoxy) is 2. The fourth-order valence-corrected chi connectivity index (χ4v) is 6.30. The van der Waals surface area contributed by atoms with Crippen LogP contribution in [0.3, 0.4) is 0 Å². The van der Waals surface area contributed by atoms with Gasteiger partial charge in [-0.2, -0.15) is 0 Å². The van der Waals surface area contributed by atoms with Crippen LogP contribution in [0.25, 0.3) is 10.9 Å². The van der Waals surface area contributed by atoms with Crippen LogP contribution in [0.2, 0.25) is 0 Å². The Morgan fingerprint density at radius 3 is 2.55 bits per heavy atom. The molecule has 7 nitrogen and oxygen atoms in total. The van der Waals surface area contributed by atoms with E-state index in [2.05, 4.69) is 36.2 Å². The molecule has 0 saturated carbocycles. The molecule has 1 N–H and O–H groups in total. The van der Waals surface area contributed by atoms with Gasteiger partial charge < -0.3 is 24.3 Å². The highest BCUT2D eigenvalue weighted by Crippen LogP contribution is 2.49. The first-order valence-electron chi connectivity index (χ1n) is 14.0. The first-order valence-corrected chi connectivity index (χ1v) is 14.0. The van der Waals surface area contributed by atoms with E-state index in [1.54, 1.807) is 16.9 Å². The van der Waals surface area contributed by atoms with Crippen LogP contribution in [-0.2, 0) is 21.5 Å². The number of amides is 2. The molecule has 40 heavy (non-hydrogen) atoms. The molecule has 0 unspecified atom stereocenters. The SMILES string of the molecule is CCCOc1ccc([C@H]2CN3C(=O)CN(CCc4ccccc4)C(=O)[C@]3(C)c3[nH]c4ccccc4c32)cc1OC. The van der Waals surface area contributed by atoms with E-state index in [9.17, 15) is 9.59 Å². The quantitative estimate of drug-likeness (QED) is 0.334. The Kier molecular flexibility index (Phi) is 6.74. The molecule has 2 aliphatic heterocycles. The molecule has 2 atom stereocenters. The van der Waals surface area contributed by atoms with E-state index < -0.39 is 5.54 Å². The highest BCUT2D eigenvalue weighted by atomic mass is 16.5. The highest BCUT2D eigenvalue weighted by Gasteiger charge is 2.56. The summed E-state index contributed by atoms with van der Waals surface area (Å²) in [7, 11) is 1.64. The van der Waals surface area contributed by atoms with Crippen molar-refractivity contribution in [3.8, 4) is 11.5 Å². The molecule has 1 fully saturated rings. The van der Waals surface area contributed by atoms with Gasteiger partial charge >= 0.3 is 0 Å². The summed E-state index contributed by atoms with van der Waals surface area (Å²) in [5.74, 6) is 1.13. The normalized spacial score (nSPS) is 20.4. The summed E-state index contributed by atoms with van der Waals surface area (Å²) < 4.78 is 11.6. The van der Waals surface area contributed by atoms with Crippen LogP contribution in [0.4, 0.5) is 0 Å². The highest BCUT2D eigenvalue weighted by molar-refractivity contribution is 6.01. The molecule has 0 spiro atoms. The zero-order chi connectivity index (χ0) is 27.9. The van der Waals surface area contributed by atoms with Crippen molar-refractivity contribution in [1.29, 1.82) is 0 Å². The van der Waals surface area contributed by atoms with Crippen LogP contribution >= 0.6 is 0 Å². The molecule has 4 aromatic rings. The minimum absolute atomic E-state index is 0.0423. The number of hydrogen-bond acceptors (Lipinski definition) is 4. The van der Waals surface area contributed by atoms with Crippen molar-refractivity contribution in [1.82, 2.24) is 14.8 Å². The lowest BCUT2D eigenvalue weighted by Crippen LogP contribution is -2.67. The molecule has 3 aromatic carbocycles. The number of rotatable bonds is 8. The summed E-state index contributed by atoms with van der Waals surface area (Å²) in [6.45, 7) is 5.55. The van der Waals surface area contributed by atoms with E-state index in [4.69, 9.17) is 9.47 Å². The summed E-state index contributed by atoms with van der Waals surface area (Å²) in [4.78, 5) is 35.1. The van der Waals surface area contributed by atoms with Crippen molar-refractivity contribution >= 4 is 22.7 Å². The van der Waals surface area contributed by atoms with Crippen LogP contribution in [0.1, 0.15) is 48.6 Å². The molecular weight excluding hydrogens is 502 g/mol.